The zero-order valence-corrected chi connectivity index (χ0v) is 19.7. The fourth-order valence-corrected chi connectivity index (χ4v) is 4.07. The minimum absolute atomic E-state index is 0.468. The van der Waals surface area contributed by atoms with Gasteiger partial charge in [-0.25, -0.2) is 9.67 Å². The first kappa shape index (κ1) is 22.2. The molecule has 0 atom stereocenters. The van der Waals surface area contributed by atoms with E-state index in [1.807, 2.05) is 107 Å². The number of benzene rings is 3. The Labute approximate surface area is 204 Å². The van der Waals surface area contributed by atoms with Gasteiger partial charge in [-0.3, -0.25) is 0 Å². The molecule has 0 saturated heterocycles. The number of nitriles is 1. The molecule has 0 saturated carbocycles. The first-order valence-electron chi connectivity index (χ1n) is 11.6. The molecular weight excluding hydrogens is 434 g/mol. The molecule has 0 fully saturated rings. The molecule has 0 aliphatic heterocycles. The third-order valence-electron chi connectivity index (χ3n) is 5.79. The van der Waals surface area contributed by atoms with Gasteiger partial charge in [0.15, 0.2) is 5.82 Å². The molecule has 0 N–H and O–H groups in total. The van der Waals surface area contributed by atoms with Gasteiger partial charge in [0.25, 0.3) is 0 Å². The number of allylic oxidation sites excluding steroid dienone is 1. The van der Waals surface area contributed by atoms with E-state index in [1.165, 1.54) is 0 Å². The average molecular weight is 460 g/mol. The lowest BCUT2D eigenvalue weighted by molar-refractivity contribution is 0.317. The SMILES string of the molecule is CCCOc1cccc(-c2nn(-c3ccccc3)cc2C=C(C#N)c2nc3ccccc3n2C)c1. The van der Waals surface area contributed by atoms with Crippen LogP contribution in [0.25, 0.3) is 39.6 Å². The molecule has 172 valence electrons. The zero-order valence-electron chi connectivity index (χ0n) is 19.7. The largest absolute Gasteiger partial charge is 0.494 e. The molecule has 0 bridgehead atoms. The summed E-state index contributed by atoms with van der Waals surface area (Å²) in [6.45, 7) is 2.73. The highest BCUT2D eigenvalue weighted by molar-refractivity contribution is 5.93. The molecular formula is C29H25N5O. The Bertz CT molecular complexity index is 1550. The smallest absolute Gasteiger partial charge is 0.151 e. The Balaban J connectivity index is 1.65. The average Bonchev–Trinajstić information content (AvgIpc) is 3.48. The maximum atomic E-state index is 10.1. The molecule has 5 aromatic rings. The standard InChI is InChI=1S/C29H25N5O/c1-3-16-35-25-13-9-10-21(18-25)28-23(20-34(32-28)24-11-5-4-6-12-24)17-22(19-30)29-31-26-14-7-8-15-27(26)33(29)2/h4-15,17-18,20H,3,16H2,1-2H3. The fraction of sp³-hybridized carbons (Fsp3) is 0.138. The van der Waals surface area contributed by atoms with Crippen molar-refractivity contribution in [3.05, 3.63) is 96.4 Å². The minimum atomic E-state index is 0.468. The van der Waals surface area contributed by atoms with Crippen molar-refractivity contribution in [2.45, 2.75) is 13.3 Å². The molecule has 0 spiro atoms. The van der Waals surface area contributed by atoms with Crippen LogP contribution in [-0.4, -0.2) is 25.9 Å². The number of aryl methyl sites for hydroxylation is 1. The van der Waals surface area contributed by atoms with Crippen LogP contribution >= 0.6 is 0 Å². The molecule has 2 heterocycles. The molecule has 3 aromatic carbocycles. The van der Waals surface area contributed by atoms with Gasteiger partial charge in [0.1, 0.15) is 17.5 Å². The summed E-state index contributed by atoms with van der Waals surface area (Å²) in [5, 5.41) is 15.0. The highest BCUT2D eigenvalue weighted by atomic mass is 16.5. The quantitative estimate of drug-likeness (QED) is 0.269. The summed E-state index contributed by atoms with van der Waals surface area (Å²) in [6, 6.07) is 28.1. The van der Waals surface area contributed by atoms with Crippen LogP contribution in [0.5, 0.6) is 5.75 Å². The lowest BCUT2D eigenvalue weighted by Gasteiger charge is -2.07. The molecule has 0 aliphatic rings. The van der Waals surface area contributed by atoms with E-state index in [2.05, 4.69) is 13.0 Å². The summed E-state index contributed by atoms with van der Waals surface area (Å²) in [4.78, 5) is 4.72. The molecule has 0 radical (unpaired) electrons. The lowest BCUT2D eigenvalue weighted by Crippen LogP contribution is -1.96. The Morgan fingerprint density at radius 2 is 1.83 bits per heavy atom. The van der Waals surface area contributed by atoms with E-state index < -0.39 is 0 Å². The lowest BCUT2D eigenvalue weighted by atomic mass is 10.1. The van der Waals surface area contributed by atoms with Crippen molar-refractivity contribution in [2.75, 3.05) is 6.61 Å². The van der Waals surface area contributed by atoms with Crippen LogP contribution in [0.2, 0.25) is 0 Å². The van der Waals surface area contributed by atoms with E-state index >= 15 is 0 Å². The number of fused-ring (bicyclic) bond motifs is 1. The van der Waals surface area contributed by atoms with Gasteiger partial charge in [-0.15, -0.1) is 0 Å². The summed E-state index contributed by atoms with van der Waals surface area (Å²) in [5.41, 5.74) is 5.75. The van der Waals surface area contributed by atoms with Crippen LogP contribution in [0.15, 0.2) is 85.1 Å². The van der Waals surface area contributed by atoms with E-state index in [1.54, 1.807) is 0 Å². The second-order valence-electron chi connectivity index (χ2n) is 8.24. The van der Waals surface area contributed by atoms with Crippen LogP contribution in [0.3, 0.4) is 0 Å². The zero-order chi connectivity index (χ0) is 24.2. The summed E-state index contributed by atoms with van der Waals surface area (Å²) in [5.74, 6) is 1.41. The van der Waals surface area contributed by atoms with Gasteiger partial charge in [0, 0.05) is 24.4 Å². The molecule has 35 heavy (non-hydrogen) atoms. The van der Waals surface area contributed by atoms with Crippen LogP contribution in [0.1, 0.15) is 24.7 Å². The van der Waals surface area contributed by atoms with Crippen molar-refractivity contribution >= 4 is 22.7 Å². The van der Waals surface area contributed by atoms with Crippen LogP contribution < -0.4 is 4.74 Å². The number of aromatic nitrogens is 4. The van der Waals surface area contributed by atoms with Gasteiger partial charge in [-0.1, -0.05) is 49.4 Å². The maximum Gasteiger partial charge on any atom is 0.151 e. The van der Waals surface area contributed by atoms with Crippen molar-refractivity contribution in [3.63, 3.8) is 0 Å². The highest BCUT2D eigenvalue weighted by Gasteiger charge is 2.16. The topological polar surface area (TPSA) is 68.7 Å². The number of imidazole rings is 1. The second-order valence-corrected chi connectivity index (χ2v) is 8.24. The first-order valence-corrected chi connectivity index (χ1v) is 11.6. The van der Waals surface area contributed by atoms with Crippen LogP contribution in [0.4, 0.5) is 0 Å². The predicted octanol–water partition coefficient (Wildman–Crippen LogP) is 6.28. The van der Waals surface area contributed by atoms with Crippen molar-refractivity contribution in [2.24, 2.45) is 7.05 Å². The summed E-state index contributed by atoms with van der Waals surface area (Å²) < 4.78 is 9.64. The number of ether oxygens (including phenoxy) is 1. The molecule has 5 rings (SSSR count). The summed E-state index contributed by atoms with van der Waals surface area (Å²) >= 11 is 0. The fourth-order valence-electron chi connectivity index (χ4n) is 4.07. The third kappa shape index (κ3) is 4.44. The number of rotatable bonds is 7. The molecule has 2 aromatic heterocycles. The number of para-hydroxylation sites is 3. The van der Waals surface area contributed by atoms with Gasteiger partial charge in [0.2, 0.25) is 0 Å². The van der Waals surface area contributed by atoms with E-state index in [0.717, 1.165) is 45.7 Å². The van der Waals surface area contributed by atoms with E-state index in [0.29, 0.717) is 18.0 Å². The third-order valence-corrected chi connectivity index (χ3v) is 5.79. The van der Waals surface area contributed by atoms with Crippen LogP contribution in [0, 0.1) is 11.3 Å². The molecule has 6 nitrogen and oxygen atoms in total. The van der Waals surface area contributed by atoms with Gasteiger partial charge in [-0.05, 0) is 48.9 Å². The molecule has 0 amide bonds. The van der Waals surface area contributed by atoms with Gasteiger partial charge in [0.05, 0.1) is 28.9 Å². The molecule has 0 aliphatic carbocycles. The Kier molecular flexibility index (Phi) is 6.15. The van der Waals surface area contributed by atoms with Crippen molar-refractivity contribution in [1.82, 2.24) is 19.3 Å². The van der Waals surface area contributed by atoms with Crippen LogP contribution in [-0.2, 0) is 7.05 Å². The normalized spacial score (nSPS) is 11.5. The number of hydrogen-bond acceptors (Lipinski definition) is 4. The van der Waals surface area contributed by atoms with Gasteiger partial charge >= 0.3 is 0 Å². The van der Waals surface area contributed by atoms with Crippen molar-refractivity contribution in [3.8, 4) is 28.8 Å². The number of nitrogens with zero attached hydrogens (tertiary/aromatic N) is 5. The Morgan fingerprint density at radius 1 is 1.03 bits per heavy atom. The second kappa shape index (κ2) is 9.70. The highest BCUT2D eigenvalue weighted by Crippen LogP contribution is 2.30. The van der Waals surface area contributed by atoms with Gasteiger partial charge in [-0.2, -0.15) is 10.4 Å². The van der Waals surface area contributed by atoms with Crippen molar-refractivity contribution in [1.29, 1.82) is 5.26 Å². The monoisotopic (exact) mass is 459 g/mol. The maximum absolute atomic E-state index is 10.1. The summed E-state index contributed by atoms with van der Waals surface area (Å²) in [6.07, 6.45) is 4.75. The van der Waals surface area contributed by atoms with E-state index in [4.69, 9.17) is 14.8 Å². The van der Waals surface area contributed by atoms with Gasteiger partial charge < -0.3 is 9.30 Å². The Morgan fingerprint density at radius 3 is 2.60 bits per heavy atom. The summed E-state index contributed by atoms with van der Waals surface area (Å²) in [7, 11) is 1.93. The van der Waals surface area contributed by atoms with E-state index in [9.17, 15) is 5.26 Å². The Hall–Kier alpha value is -4.63. The van der Waals surface area contributed by atoms with Crippen molar-refractivity contribution < 1.29 is 4.74 Å². The minimum Gasteiger partial charge on any atom is -0.494 e. The van der Waals surface area contributed by atoms with E-state index in [-0.39, 0.29) is 0 Å². The predicted molar refractivity (Wildman–Crippen MR) is 139 cm³/mol. The first-order chi connectivity index (χ1) is 17.2. The number of hydrogen-bond donors (Lipinski definition) is 0. The molecule has 0 unspecified atom stereocenters. The molecule has 6 heteroatoms.